The zero-order chi connectivity index (χ0) is 13.9. The molecule has 1 aromatic rings. The van der Waals surface area contributed by atoms with Crippen molar-refractivity contribution in [1.82, 2.24) is 10.2 Å². The van der Waals surface area contributed by atoms with Crippen molar-refractivity contribution in [3.05, 3.63) is 29.6 Å². The first-order valence-corrected chi connectivity index (χ1v) is 7.56. The molecule has 1 atom stereocenters. The Kier molecular flexibility index (Phi) is 4.22. The molecular weight excluding hydrogens is 255 g/mol. The van der Waals surface area contributed by atoms with Crippen molar-refractivity contribution >= 4 is 0 Å². The van der Waals surface area contributed by atoms with Gasteiger partial charge in [-0.05, 0) is 30.0 Å². The molecule has 0 aromatic heterocycles. The number of benzene rings is 1. The highest BCUT2D eigenvalue weighted by molar-refractivity contribution is 5.32. The van der Waals surface area contributed by atoms with Gasteiger partial charge in [-0.2, -0.15) is 0 Å². The van der Waals surface area contributed by atoms with E-state index in [1.807, 2.05) is 12.1 Å². The second-order valence-electron chi connectivity index (χ2n) is 5.87. The number of methoxy groups -OCH3 is 1. The van der Waals surface area contributed by atoms with Crippen LogP contribution in [0.1, 0.15) is 30.9 Å². The van der Waals surface area contributed by atoms with Gasteiger partial charge in [0.15, 0.2) is 11.6 Å². The molecule has 2 fully saturated rings. The van der Waals surface area contributed by atoms with E-state index in [0.29, 0.717) is 11.8 Å². The second kappa shape index (κ2) is 6.10. The van der Waals surface area contributed by atoms with E-state index in [1.165, 1.54) is 38.0 Å². The first kappa shape index (κ1) is 13.8. The summed E-state index contributed by atoms with van der Waals surface area (Å²) in [7, 11) is 1.53. The van der Waals surface area contributed by atoms with Crippen molar-refractivity contribution in [2.75, 3.05) is 33.3 Å². The molecule has 110 valence electrons. The average Bonchev–Trinajstić information content (AvgIpc) is 3.30. The van der Waals surface area contributed by atoms with Gasteiger partial charge < -0.3 is 10.1 Å². The van der Waals surface area contributed by atoms with Gasteiger partial charge in [-0.25, -0.2) is 4.39 Å². The van der Waals surface area contributed by atoms with Crippen LogP contribution in [0.4, 0.5) is 4.39 Å². The third-order valence-electron chi connectivity index (χ3n) is 4.41. The van der Waals surface area contributed by atoms with Crippen molar-refractivity contribution in [2.24, 2.45) is 5.92 Å². The van der Waals surface area contributed by atoms with Gasteiger partial charge in [-0.15, -0.1) is 0 Å². The van der Waals surface area contributed by atoms with Crippen LogP contribution in [0.5, 0.6) is 5.75 Å². The van der Waals surface area contributed by atoms with Crippen LogP contribution < -0.4 is 10.1 Å². The van der Waals surface area contributed by atoms with Gasteiger partial charge in [0.1, 0.15) is 0 Å². The molecule has 1 heterocycles. The standard InChI is InChI=1S/C16H23FN2O/c1-20-16-11-13(4-5-14(16)17)15(10-12-2-3-12)19-8-6-18-7-9-19/h4-5,11-12,15,18H,2-3,6-10H2,1H3/t15-/m1/s1. The number of rotatable bonds is 5. The lowest BCUT2D eigenvalue weighted by atomic mass is 9.98. The summed E-state index contributed by atoms with van der Waals surface area (Å²) in [5.41, 5.74) is 1.19. The van der Waals surface area contributed by atoms with E-state index in [-0.39, 0.29) is 5.82 Å². The van der Waals surface area contributed by atoms with Crippen molar-refractivity contribution in [3.63, 3.8) is 0 Å². The van der Waals surface area contributed by atoms with E-state index in [2.05, 4.69) is 10.2 Å². The Morgan fingerprint density at radius 3 is 2.75 bits per heavy atom. The Bertz CT molecular complexity index is 456. The molecular formula is C16H23FN2O. The summed E-state index contributed by atoms with van der Waals surface area (Å²) in [6, 6.07) is 5.74. The van der Waals surface area contributed by atoms with Crippen LogP contribution in [-0.2, 0) is 0 Å². The highest BCUT2D eigenvalue weighted by atomic mass is 19.1. The second-order valence-corrected chi connectivity index (χ2v) is 5.87. The minimum absolute atomic E-state index is 0.276. The predicted octanol–water partition coefficient (Wildman–Crippen LogP) is 2.58. The Balaban J connectivity index is 1.83. The van der Waals surface area contributed by atoms with Gasteiger partial charge in [0, 0.05) is 32.2 Å². The molecule has 1 aromatic carbocycles. The fourth-order valence-corrected chi connectivity index (χ4v) is 3.04. The normalized spacial score (nSPS) is 21.7. The molecule has 0 unspecified atom stereocenters. The van der Waals surface area contributed by atoms with Crippen LogP contribution in [0.3, 0.4) is 0 Å². The number of piperazine rings is 1. The minimum atomic E-state index is -0.276. The van der Waals surface area contributed by atoms with Crippen LogP contribution in [0.25, 0.3) is 0 Å². The van der Waals surface area contributed by atoms with Gasteiger partial charge in [-0.3, -0.25) is 4.90 Å². The minimum Gasteiger partial charge on any atom is -0.494 e. The van der Waals surface area contributed by atoms with Gasteiger partial charge in [0.05, 0.1) is 7.11 Å². The van der Waals surface area contributed by atoms with E-state index in [4.69, 9.17) is 4.74 Å². The molecule has 0 spiro atoms. The molecule has 3 nitrogen and oxygen atoms in total. The monoisotopic (exact) mass is 278 g/mol. The molecule has 0 radical (unpaired) electrons. The maximum atomic E-state index is 13.6. The molecule has 1 aliphatic heterocycles. The summed E-state index contributed by atoms with van der Waals surface area (Å²) < 4.78 is 18.7. The predicted molar refractivity (Wildman–Crippen MR) is 77.5 cm³/mol. The lowest BCUT2D eigenvalue weighted by Crippen LogP contribution is -2.45. The van der Waals surface area contributed by atoms with E-state index in [0.717, 1.165) is 32.1 Å². The van der Waals surface area contributed by atoms with Crippen molar-refractivity contribution < 1.29 is 9.13 Å². The van der Waals surface area contributed by atoms with Crippen molar-refractivity contribution in [1.29, 1.82) is 0 Å². The summed E-state index contributed by atoms with van der Waals surface area (Å²) in [5, 5.41) is 3.40. The molecule has 2 aliphatic rings. The number of hydrogen-bond donors (Lipinski definition) is 1. The smallest absolute Gasteiger partial charge is 0.165 e. The molecule has 1 saturated heterocycles. The van der Waals surface area contributed by atoms with E-state index in [1.54, 1.807) is 0 Å². The third kappa shape index (κ3) is 3.13. The Morgan fingerprint density at radius 1 is 1.35 bits per heavy atom. The first-order chi connectivity index (χ1) is 9.78. The summed E-state index contributed by atoms with van der Waals surface area (Å²) in [6.07, 6.45) is 3.89. The molecule has 1 N–H and O–H groups in total. The van der Waals surface area contributed by atoms with Crippen LogP contribution in [0.15, 0.2) is 18.2 Å². The Morgan fingerprint density at radius 2 is 2.10 bits per heavy atom. The number of hydrogen-bond acceptors (Lipinski definition) is 3. The maximum absolute atomic E-state index is 13.6. The first-order valence-electron chi connectivity index (χ1n) is 7.56. The zero-order valence-electron chi connectivity index (χ0n) is 12.1. The van der Waals surface area contributed by atoms with E-state index in [9.17, 15) is 4.39 Å². The topological polar surface area (TPSA) is 24.5 Å². The number of nitrogens with one attached hydrogen (secondary N) is 1. The summed E-state index contributed by atoms with van der Waals surface area (Å²) in [5.74, 6) is 0.936. The summed E-state index contributed by atoms with van der Waals surface area (Å²) >= 11 is 0. The lowest BCUT2D eigenvalue weighted by molar-refractivity contribution is 0.160. The molecule has 1 saturated carbocycles. The maximum Gasteiger partial charge on any atom is 0.165 e. The molecule has 1 aliphatic carbocycles. The van der Waals surface area contributed by atoms with Crippen molar-refractivity contribution in [2.45, 2.75) is 25.3 Å². The zero-order valence-corrected chi connectivity index (χ0v) is 12.1. The van der Waals surface area contributed by atoms with Crippen LogP contribution in [-0.4, -0.2) is 38.2 Å². The Hall–Kier alpha value is -1.13. The fourth-order valence-electron chi connectivity index (χ4n) is 3.04. The molecule has 4 heteroatoms. The van der Waals surface area contributed by atoms with Crippen LogP contribution in [0, 0.1) is 11.7 Å². The third-order valence-corrected chi connectivity index (χ3v) is 4.41. The van der Waals surface area contributed by atoms with Gasteiger partial charge in [0.25, 0.3) is 0 Å². The largest absolute Gasteiger partial charge is 0.494 e. The van der Waals surface area contributed by atoms with Gasteiger partial charge in [0.2, 0.25) is 0 Å². The molecule has 0 amide bonds. The summed E-state index contributed by atoms with van der Waals surface area (Å²) in [6.45, 7) is 4.22. The lowest BCUT2D eigenvalue weighted by Gasteiger charge is -2.35. The SMILES string of the molecule is COc1cc([C@@H](CC2CC2)N2CCNCC2)ccc1F. The van der Waals surface area contributed by atoms with Gasteiger partial charge in [-0.1, -0.05) is 18.9 Å². The number of halogens is 1. The number of ether oxygens (including phenoxy) is 1. The molecule has 0 bridgehead atoms. The highest BCUT2D eigenvalue weighted by Crippen LogP contribution is 2.40. The molecule has 3 rings (SSSR count). The summed E-state index contributed by atoms with van der Waals surface area (Å²) in [4.78, 5) is 2.53. The Labute approximate surface area is 120 Å². The highest BCUT2D eigenvalue weighted by Gasteiger charge is 2.30. The van der Waals surface area contributed by atoms with E-state index >= 15 is 0 Å². The fraction of sp³-hybridized carbons (Fsp3) is 0.625. The van der Waals surface area contributed by atoms with Gasteiger partial charge >= 0.3 is 0 Å². The quantitative estimate of drug-likeness (QED) is 0.896. The van der Waals surface area contributed by atoms with Crippen molar-refractivity contribution in [3.8, 4) is 5.75 Å². The number of nitrogens with zero attached hydrogens (tertiary/aromatic N) is 1. The van der Waals surface area contributed by atoms with Crippen LogP contribution in [0.2, 0.25) is 0 Å². The van der Waals surface area contributed by atoms with E-state index < -0.39 is 0 Å². The molecule has 20 heavy (non-hydrogen) atoms. The van der Waals surface area contributed by atoms with Crippen LogP contribution >= 0.6 is 0 Å². The average molecular weight is 278 g/mol.